The van der Waals surface area contributed by atoms with Crippen LogP contribution in [-0.2, 0) is 4.79 Å². The lowest BCUT2D eigenvalue weighted by Crippen LogP contribution is -2.28. The van der Waals surface area contributed by atoms with E-state index in [-0.39, 0.29) is 11.8 Å². The summed E-state index contributed by atoms with van der Waals surface area (Å²) in [4.78, 5) is 29.3. The van der Waals surface area contributed by atoms with E-state index >= 15 is 0 Å². The van der Waals surface area contributed by atoms with E-state index < -0.39 is 0 Å². The maximum atomic E-state index is 12.4. The molecule has 37 heavy (non-hydrogen) atoms. The molecule has 8 nitrogen and oxygen atoms in total. The number of amides is 1. The maximum Gasteiger partial charge on any atom is 0.227 e. The normalized spacial score (nSPS) is 13.6. The molecule has 5 aromatic heterocycles. The zero-order valence-corrected chi connectivity index (χ0v) is 19.9. The van der Waals surface area contributed by atoms with E-state index in [0.717, 1.165) is 75.0 Å². The Balaban J connectivity index is 1.26. The molecule has 0 radical (unpaired) electrons. The molecule has 0 atom stereocenters. The molecule has 1 aliphatic rings. The number of carbonyl (C=O) groups is 1. The van der Waals surface area contributed by atoms with Gasteiger partial charge in [0.05, 0.1) is 28.8 Å². The SMILES string of the molecule is O=C(Nc1cncc(-c2ccc3[nH]nc(-c4cc5c(-c6ccncc6)cccc5[nH]4)c3n2)c1)C1CCC1. The molecule has 5 heterocycles. The highest BCUT2D eigenvalue weighted by Crippen LogP contribution is 2.34. The summed E-state index contributed by atoms with van der Waals surface area (Å²) in [6.45, 7) is 0. The molecule has 1 aromatic carbocycles. The van der Waals surface area contributed by atoms with Crippen molar-refractivity contribution in [1.82, 2.24) is 30.1 Å². The van der Waals surface area contributed by atoms with E-state index in [1.165, 1.54) is 0 Å². The lowest BCUT2D eigenvalue weighted by molar-refractivity contribution is -0.122. The fourth-order valence-corrected chi connectivity index (χ4v) is 4.88. The van der Waals surface area contributed by atoms with Crippen LogP contribution in [0.3, 0.4) is 0 Å². The van der Waals surface area contributed by atoms with Crippen molar-refractivity contribution in [1.29, 1.82) is 0 Å². The van der Waals surface area contributed by atoms with Crippen molar-refractivity contribution in [3.05, 3.63) is 79.4 Å². The second-order valence-corrected chi connectivity index (χ2v) is 9.43. The van der Waals surface area contributed by atoms with E-state index in [1.807, 2.05) is 36.4 Å². The van der Waals surface area contributed by atoms with Gasteiger partial charge in [-0.3, -0.25) is 19.9 Å². The first-order chi connectivity index (χ1) is 18.2. The summed E-state index contributed by atoms with van der Waals surface area (Å²) in [5.41, 5.74) is 8.76. The Bertz CT molecular complexity index is 1770. The van der Waals surface area contributed by atoms with E-state index in [2.05, 4.69) is 48.7 Å². The molecule has 1 saturated carbocycles. The van der Waals surface area contributed by atoms with Gasteiger partial charge in [-0.15, -0.1) is 0 Å². The van der Waals surface area contributed by atoms with Crippen LogP contribution in [0.4, 0.5) is 5.69 Å². The lowest BCUT2D eigenvalue weighted by Gasteiger charge is -2.24. The standard InChI is InChI=1S/C29H23N7O/c37-29(18-3-1-4-18)32-20-13-19(15-31-16-20)23-7-8-25-27(34-23)28(36-35-25)26-14-22-21(5-2-6-24(22)33-26)17-9-11-30-12-10-17/h2,5-16,18,33H,1,3-4H2,(H,32,37)(H,35,36). The van der Waals surface area contributed by atoms with Gasteiger partial charge in [-0.2, -0.15) is 5.10 Å². The first-order valence-corrected chi connectivity index (χ1v) is 12.4. The summed E-state index contributed by atoms with van der Waals surface area (Å²) >= 11 is 0. The number of carbonyl (C=O) groups excluding carboxylic acids is 1. The van der Waals surface area contributed by atoms with Crippen molar-refractivity contribution in [2.24, 2.45) is 5.92 Å². The molecule has 0 bridgehead atoms. The van der Waals surface area contributed by atoms with Crippen LogP contribution in [0.2, 0.25) is 0 Å². The Labute approximate surface area is 212 Å². The zero-order chi connectivity index (χ0) is 24.8. The van der Waals surface area contributed by atoms with Gasteiger partial charge in [0, 0.05) is 41.0 Å². The number of nitrogens with zero attached hydrogens (tertiary/aromatic N) is 4. The minimum absolute atomic E-state index is 0.0654. The second-order valence-electron chi connectivity index (χ2n) is 9.43. The van der Waals surface area contributed by atoms with Crippen molar-refractivity contribution in [2.45, 2.75) is 19.3 Å². The number of hydrogen-bond donors (Lipinski definition) is 3. The fraction of sp³-hybridized carbons (Fsp3) is 0.138. The van der Waals surface area contributed by atoms with E-state index in [9.17, 15) is 4.79 Å². The van der Waals surface area contributed by atoms with Gasteiger partial charge in [0.2, 0.25) is 5.91 Å². The Kier molecular flexibility index (Phi) is 5.02. The minimum atomic E-state index is 0.0654. The van der Waals surface area contributed by atoms with Crippen LogP contribution in [0.25, 0.3) is 55.7 Å². The highest BCUT2D eigenvalue weighted by atomic mass is 16.1. The Morgan fingerprint density at radius 1 is 0.919 bits per heavy atom. The fourth-order valence-electron chi connectivity index (χ4n) is 4.88. The number of H-pyrrole nitrogens is 2. The van der Waals surface area contributed by atoms with Crippen molar-refractivity contribution in [2.75, 3.05) is 5.32 Å². The molecule has 1 aliphatic carbocycles. The second kappa shape index (κ2) is 8.67. The van der Waals surface area contributed by atoms with Gasteiger partial charge in [0.15, 0.2) is 0 Å². The predicted molar refractivity (Wildman–Crippen MR) is 144 cm³/mol. The first kappa shape index (κ1) is 21.4. The van der Waals surface area contributed by atoms with E-state index in [1.54, 1.807) is 24.8 Å². The molecule has 0 spiro atoms. The number of rotatable bonds is 5. The van der Waals surface area contributed by atoms with Gasteiger partial charge in [-0.05, 0) is 66.4 Å². The Hall–Kier alpha value is -4.85. The molecular formula is C29H23N7O. The van der Waals surface area contributed by atoms with Crippen LogP contribution in [0, 0.1) is 5.92 Å². The van der Waals surface area contributed by atoms with Crippen molar-refractivity contribution in [3.8, 4) is 33.8 Å². The molecular weight excluding hydrogens is 462 g/mol. The van der Waals surface area contributed by atoms with Crippen molar-refractivity contribution in [3.63, 3.8) is 0 Å². The minimum Gasteiger partial charge on any atom is -0.353 e. The zero-order valence-electron chi connectivity index (χ0n) is 19.9. The summed E-state index contributed by atoms with van der Waals surface area (Å²) in [6.07, 6.45) is 10.1. The number of aromatic nitrogens is 6. The lowest BCUT2D eigenvalue weighted by atomic mass is 9.85. The highest BCUT2D eigenvalue weighted by Gasteiger charge is 2.25. The number of pyridine rings is 3. The molecule has 7 rings (SSSR count). The number of fused-ring (bicyclic) bond motifs is 2. The summed E-state index contributed by atoms with van der Waals surface area (Å²) in [7, 11) is 0. The predicted octanol–water partition coefficient (Wildman–Crippen LogP) is 5.97. The number of aromatic amines is 2. The van der Waals surface area contributed by atoms with Gasteiger partial charge >= 0.3 is 0 Å². The maximum absolute atomic E-state index is 12.4. The van der Waals surface area contributed by atoms with E-state index in [4.69, 9.17) is 4.98 Å². The number of hydrogen-bond acceptors (Lipinski definition) is 5. The molecule has 8 heteroatoms. The highest BCUT2D eigenvalue weighted by molar-refractivity contribution is 6.00. The van der Waals surface area contributed by atoms with Crippen LogP contribution in [0.15, 0.2) is 79.4 Å². The molecule has 3 N–H and O–H groups in total. The summed E-state index contributed by atoms with van der Waals surface area (Å²) in [5, 5.41) is 11.8. The Morgan fingerprint density at radius 2 is 1.81 bits per heavy atom. The van der Waals surface area contributed by atoms with Crippen LogP contribution >= 0.6 is 0 Å². The molecule has 1 fully saturated rings. The smallest absolute Gasteiger partial charge is 0.227 e. The van der Waals surface area contributed by atoms with Crippen LogP contribution in [0.1, 0.15) is 19.3 Å². The van der Waals surface area contributed by atoms with Gasteiger partial charge in [0.25, 0.3) is 0 Å². The van der Waals surface area contributed by atoms with Crippen molar-refractivity contribution >= 4 is 33.5 Å². The molecule has 0 unspecified atom stereocenters. The molecule has 0 saturated heterocycles. The number of anilines is 1. The monoisotopic (exact) mass is 485 g/mol. The quantitative estimate of drug-likeness (QED) is 0.279. The van der Waals surface area contributed by atoms with Gasteiger partial charge in [-0.1, -0.05) is 18.6 Å². The van der Waals surface area contributed by atoms with Crippen molar-refractivity contribution < 1.29 is 4.79 Å². The first-order valence-electron chi connectivity index (χ1n) is 12.4. The van der Waals surface area contributed by atoms with Crippen LogP contribution < -0.4 is 5.32 Å². The van der Waals surface area contributed by atoms with Gasteiger partial charge in [-0.25, -0.2) is 4.98 Å². The molecule has 6 aromatic rings. The van der Waals surface area contributed by atoms with Gasteiger partial charge < -0.3 is 10.3 Å². The summed E-state index contributed by atoms with van der Waals surface area (Å²) < 4.78 is 0. The third-order valence-electron chi connectivity index (χ3n) is 7.10. The molecule has 1 amide bonds. The third kappa shape index (κ3) is 3.83. The number of nitrogens with one attached hydrogen (secondary N) is 3. The van der Waals surface area contributed by atoms with E-state index in [0.29, 0.717) is 5.69 Å². The summed E-state index contributed by atoms with van der Waals surface area (Å²) in [5.74, 6) is 0.178. The third-order valence-corrected chi connectivity index (χ3v) is 7.10. The average molecular weight is 486 g/mol. The molecule has 0 aliphatic heterocycles. The largest absolute Gasteiger partial charge is 0.353 e. The average Bonchev–Trinajstić information content (AvgIpc) is 3.52. The molecule has 180 valence electrons. The topological polar surface area (TPSA) is 112 Å². The number of benzene rings is 1. The van der Waals surface area contributed by atoms with Gasteiger partial charge in [0.1, 0.15) is 11.2 Å². The van der Waals surface area contributed by atoms with Crippen LogP contribution in [-0.4, -0.2) is 36.0 Å². The summed E-state index contributed by atoms with van der Waals surface area (Å²) in [6, 6.07) is 18.2. The Morgan fingerprint density at radius 3 is 2.65 bits per heavy atom. The van der Waals surface area contributed by atoms with Crippen LogP contribution in [0.5, 0.6) is 0 Å².